The number of para-hydroxylation sites is 1. The van der Waals surface area contributed by atoms with Crippen LogP contribution in [-0.4, -0.2) is 15.0 Å². The minimum Gasteiger partial charge on any atom is -0.399 e. The van der Waals surface area contributed by atoms with Crippen molar-refractivity contribution in [3.63, 3.8) is 0 Å². The van der Waals surface area contributed by atoms with E-state index in [1.54, 1.807) is 12.3 Å². The third kappa shape index (κ3) is 3.33. The Morgan fingerprint density at radius 1 is 1.00 bits per heavy atom. The quantitative estimate of drug-likeness (QED) is 0.490. The van der Waals surface area contributed by atoms with Crippen LogP contribution >= 0.6 is 11.6 Å². The van der Waals surface area contributed by atoms with Crippen molar-refractivity contribution in [2.45, 2.75) is 6.92 Å². The molecule has 20 heavy (non-hydrogen) atoms. The first-order valence-electron chi connectivity index (χ1n) is 5.93. The van der Waals surface area contributed by atoms with Crippen LogP contribution in [-0.2, 0) is 0 Å². The van der Waals surface area contributed by atoms with Gasteiger partial charge < -0.3 is 11.5 Å². The summed E-state index contributed by atoms with van der Waals surface area (Å²) in [4.78, 5) is 12.0. The molecule has 0 fully saturated rings. The minimum absolute atomic E-state index is 0.154. The average molecular weight is 288 g/mol. The molecule has 0 bridgehead atoms. The van der Waals surface area contributed by atoms with Crippen molar-refractivity contribution >= 4 is 34.0 Å². The summed E-state index contributed by atoms with van der Waals surface area (Å²) in [6, 6.07) is 11.3. The van der Waals surface area contributed by atoms with Crippen molar-refractivity contribution in [3.8, 4) is 0 Å². The van der Waals surface area contributed by atoms with Crippen LogP contribution in [0.5, 0.6) is 0 Å². The van der Waals surface area contributed by atoms with Crippen LogP contribution in [0, 0.1) is 6.92 Å². The first-order valence-corrected chi connectivity index (χ1v) is 6.30. The number of benzene rings is 1. The number of aryl methyl sites for hydroxylation is 1. The maximum atomic E-state index is 5.67. The zero-order valence-corrected chi connectivity index (χ0v) is 11.7. The molecule has 102 valence electrons. The first-order chi connectivity index (χ1) is 9.58. The van der Waals surface area contributed by atoms with Crippen LogP contribution in [0.3, 0.4) is 0 Å². The summed E-state index contributed by atoms with van der Waals surface area (Å²) in [5.74, 6) is 0.389. The zero-order valence-electron chi connectivity index (χ0n) is 10.9. The van der Waals surface area contributed by atoms with Gasteiger partial charge in [-0.1, -0.05) is 18.2 Å². The lowest BCUT2D eigenvalue weighted by Crippen LogP contribution is -1.97. The summed E-state index contributed by atoms with van der Waals surface area (Å²) in [7, 11) is 0. The van der Waals surface area contributed by atoms with Crippen molar-refractivity contribution in [3.05, 3.63) is 53.6 Å². The summed E-state index contributed by atoms with van der Waals surface area (Å²) in [5, 5.41) is 0.943. The van der Waals surface area contributed by atoms with E-state index in [4.69, 9.17) is 23.1 Å². The van der Waals surface area contributed by atoms with Gasteiger partial charge in [-0.05, 0) is 36.7 Å². The first kappa shape index (κ1) is 14.0. The third-order valence-electron chi connectivity index (χ3n) is 2.60. The summed E-state index contributed by atoms with van der Waals surface area (Å²) in [5.41, 5.74) is 13.4. The molecule has 0 saturated heterocycles. The predicted octanol–water partition coefficient (Wildman–Crippen LogP) is 2.84. The van der Waals surface area contributed by atoms with E-state index in [-0.39, 0.29) is 5.28 Å². The van der Waals surface area contributed by atoms with Gasteiger partial charge in [-0.3, -0.25) is 4.98 Å². The highest BCUT2D eigenvalue weighted by Crippen LogP contribution is 2.20. The maximum Gasteiger partial charge on any atom is 0.224 e. The molecule has 0 radical (unpaired) electrons. The van der Waals surface area contributed by atoms with Gasteiger partial charge >= 0.3 is 0 Å². The minimum atomic E-state index is 0.154. The molecule has 2 aromatic heterocycles. The fourth-order valence-electron chi connectivity index (χ4n) is 1.64. The number of hydrogen-bond acceptors (Lipinski definition) is 5. The molecule has 5 nitrogen and oxygen atoms in total. The van der Waals surface area contributed by atoms with E-state index in [0.29, 0.717) is 11.3 Å². The second-order valence-corrected chi connectivity index (χ2v) is 4.42. The SMILES string of the molecule is Cc1nccc2c(N)nc(Cl)nc12.Nc1ccccc1. The summed E-state index contributed by atoms with van der Waals surface area (Å²) >= 11 is 5.67. The number of hydrogen-bond donors (Lipinski definition) is 2. The van der Waals surface area contributed by atoms with E-state index in [1.807, 2.05) is 37.3 Å². The molecule has 3 aromatic rings. The van der Waals surface area contributed by atoms with Crippen LogP contribution in [0.4, 0.5) is 11.5 Å². The fraction of sp³-hybridized carbons (Fsp3) is 0.0714. The number of pyridine rings is 1. The van der Waals surface area contributed by atoms with Gasteiger partial charge in [0.2, 0.25) is 5.28 Å². The normalized spacial score (nSPS) is 9.90. The number of anilines is 2. The predicted molar refractivity (Wildman–Crippen MR) is 82.3 cm³/mol. The van der Waals surface area contributed by atoms with Crippen LogP contribution in [0.25, 0.3) is 10.9 Å². The molecule has 0 aliphatic rings. The molecular weight excluding hydrogens is 274 g/mol. The number of rotatable bonds is 0. The van der Waals surface area contributed by atoms with E-state index in [9.17, 15) is 0 Å². The molecule has 2 heterocycles. The maximum absolute atomic E-state index is 5.67. The van der Waals surface area contributed by atoms with Gasteiger partial charge in [0.15, 0.2) is 0 Å². The van der Waals surface area contributed by atoms with Gasteiger partial charge in [0, 0.05) is 17.3 Å². The summed E-state index contributed by atoms with van der Waals surface area (Å²) in [6.07, 6.45) is 1.67. The molecule has 0 aliphatic carbocycles. The molecule has 0 unspecified atom stereocenters. The van der Waals surface area contributed by atoms with Crippen molar-refractivity contribution in [1.82, 2.24) is 15.0 Å². The lowest BCUT2D eigenvalue weighted by molar-refractivity contribution is 1.16. The smallest absolute Gasteiger partial charge is 0.224 e. The molecular formula is C14H14ClN5. The van der Waals surface area contributed by atoms with Crippen LogP contribution in [0.15, 0.2) is 42.6 Å². The topological polar surface area (TPSA) is 90.7 Å². The molecule has 0 spiro atoms. The number of aromatic nitrogens is 3. The van der Waals surface area contributed by atoms with Gasteiger partial charge in [0.05, 0.1) is 11.2 Å². The van der Waals surface area contributed by atoms with E-state index in [1.165, 1.54) is 0 Å². The van der Waals surface area contributed by atoms with Crippen molar-refractivity contribution in [2.75, 3.05) is 11.5 Å². The Balaban J connectivity index is 0.000000178. The Kier molecular flexibility index (Phi) is 4.32. The van der Waals surface area contributed by atoms with Gasteiger partial charge in [-0.25, -0.2) is 9.97 Å². The Bertz CT molecular complexity index is 715. The standard InChI is InChI=1S/C8H7ClN4.C6H7N/c1-4-6-5(2-3-11-4)7(10)13-8(9)12-6;7-6-4-2-1-3-5-6/h2-3H,1H3,(H2,10,12,13);1-5H,7H2. The Morgan fingerprint density at radius 2 is 1.70 bits per heavy atom. The highest BCUT2D eigenvalue weighted by atomic mass is 35.5. The number of fused-ring (bicyclic) bond motifs is 1. The van der Waals surface area contributed by atoms with Crippen LogP contribution in [0.1, 0.15) is 5.69 Å². The summed E-state index contributed by atoms with van der Waals surface area (Å²) < 4.78 is 0. The number of nitrogens with two attached hydrogens (primary N) is 2. The molecule has 0 saturated carbocycles. The Labute approximate surface area is 121 Å². The lowest BCUT2D eigenvalue weighted by atomic mass is 10.2. The molecule has 0 aliphatic heterocycles. The van der Waals surface area contributed by atoms with E-state index in [0.717, 1.165) is 16.8 Å². The van der Waals surface area contributed by atoms with Gasteiger partial charge in [0.1, 0.15) is 5.82 Å². The Morgan fingerprint density at radius 3 is 2.30 bits per heavy atom. The van der Waals surface area contributed by atoms with Crippen LogP contribution < -0.4 is 11.5 Å². The van der Waals surface area contributed by atoms with Crippen molar-refractivity contribution in [2.24, 2.45) is 0 Å². The number of nitrogen functional groups attached to an aromatic ring is 2. The van der Waals surface area contributed by atoms with Gasteiger partial charge in [-0.15, -0.1) is 0 Å². The molecule has 3 rings (SSSR count). The van der Waals surface area contributed by atoms with Crippen molar-refractivity contribution in [1.29, 1.82) is 0 Å². The van der Waals surface area contributed by atoms with Gasteiger partial charge in [0.25, 0.3) is 0 Å². The molecule has 1 aromatic carbocycles. The molecule has 6 heteroatoms. The molecule has 0 atom stereocenters. The number of halogens is 1. The lowest BCUT2D eigenvalue weighted by Gasteiger charge is -2.02. The molecule has 0 amide bonds. The summed E-state index contributed by atoms with van der Waals surface area (Å²) in [6.45, 7) is 1.85. The highest BCUT2D eigenvalue weighted by Gasteiger charge is 2.05. The van der Waals surface area contributed by atoms with Gasteiger partial charge in [-0.2, -0.15) is 0 Å². The van der Waals surface area contributed by atoms with Crippen LogP contribution in [0.2, 0.25) is 5.28 Å². The average Bonchev–Trinajstić information content (AvgIpc) is 2.42. The highest BCUT2D eigenvalue weighted by molar-refractivity contribution is 6.28. The Hall–Kier alpha value is -2.40. The fourth-order valence-corrected chi connectivity index (χ4v) is 1.81. The molecule has 4 N–H and O–H groups in total. The second kappa shape index (κ2) is 6.16. The number of nitrogens with zero attached hydrogens (tertiary/aromatic N) is 3. The van der Waals surface area contributed by atoms with Crippen molar-refractivity contribution < 1.29 is 0 Å². The monoisotopic (exact) mass is 287 g/mol. The zero-order chi connectivity index (χ0) is 14.5. The van der Waals surface area contributed by atoms with E-state index >= 15 is 0 Å². The third-order valence-corrected chi connectivity index (χ3v) is 2.77. The largest absolute Gasteiger partial charge is 0.399 e. The second-order valence-electron chi connectivity index (χ2n) is 4.08. The van der Waals surface area contributed by atoms with E-state index < -0.39 is 0 Å². The van der Waals surface area contributed by atoms with E-state index in [2.05, 4.69) is 15.0 Å².